The SMILES string of the molecule is CN(C)C(=O)c1ccn(-c2cccc(F)c2C(N)=S)n1. The molecule has 2 N–H and O–H groups in total. The number of aromatic nitrogens is 2. The molecule has 0 bridgehead atoms. The van der Waals surface area contributed by atoms with Gasteiger partial charge in [-0.25, -0.2) is 9.07 Å². The van der Waals surface area contributed by atoms with Crippen LogP contribution in [-0.2, 0) is 0 Å². The normalized spacial score (nSPS) is 10.3. The van der Waals surface area contributed by atoms with Crippen molar-refractivity contribution in [3.05, 3.63) is 47.5 Å². The average molecular weight is 292 g/mol. The summed E-state index contributed by atoms with van der Waals surface area (Å²) < 4.78 is 15.2. The molecule has 20 heavy (non-hydrogen) atoms. The lowest BCUT2D eigenvalue weighted by atomic mass is 10.1. The number of thiocarbonyl (C=S) groups is 1. The highest BCUT2D eigenvalue weighted by Gasteiger charge is 2.16. The molecule has 0 saturated heterocycles. The zero-order chi connectivity index (χ0) is 14.9. The minimum Gasteiger partial charge on any atom is -0.389 e. The third-order valence-electron chi connectivity index (χ3n) is 2.70. The predicted molar refractivity (Wildman–Crippen MR) is 77.4 cm³/mol. The molecule has 0 saturated carbocycles. The minimum atomic E-state index is -0.522. The summed E-state index contributed by atoms with van der Waals surface area (Å²) in [6.07, 6.45) is 1.56. The number of carbonyl (C=O) groups excluding carboxylic acids is 1. The van der Waals surface area contributed by atoms with Gasteiger partial charge in [0.25, 0.3) is 5.91 Å². The zero-order valence-electron chi connectivity index (χ0n) is 11.0. The second-order valence-electron chi connectivity index (χ2n) is 4.34. The van der Waals surface area contributed by atoms with Crippen LogP contribution in [0, 0.1) is 5.82 Å². The van der Waals surface area contributed by atoms with Crippen LogP contribution in [-0.4, -0.2) is 39.7 Å². The van der Waals surface area contributed by atoms with E-state index in [4.69, 9.17) is 18.0 Å². The molecule has 1 amide bonds. The first-order valence-corrected chi connectivity index (χ1v) is 6.18. The molecule has 0 fully saturated rings. The number of hydrogen-bond donors (Lipinski definition) is 1. The number of hydrogen-bond acceptors (Lipinski definition) is 3. The van der Waals surface area contributed by atoms with Crippen LogP contribution in [0.2, 0.25) is 0 Å². The van der Waals surface area contributed by atoms with Crippen molar-refractivity contribution in [2.75, 3.05) is 14.1 Å². The molecule has 2 rings (SSSR count). The van der Waals surface area contributed by atoms with Crippen LogP contribution in [0.1, 0.15) is 16.1 Å². The van der Waals surface area contributed by atoms with Crippen molar-refractivity contribution in [2.45, 2.75) is 0 Å². The maximum absolute atomic E-state index is 13.8. The lowest BCUT2D eigenvalue weighted by molar-refractivity contribution is 0.0821. The van der Waals surface area contributed by atoms with Gasteiger partial charge in [0.2, 0.25) is 0 Å². The van der Waals surface area contributed by atoms with E-state index in [1.54, 1.807) is 32.4 Å². The fourth-order valence-electron chi connectivity index (χ4n) is 1.75. The van der Waals surface area contributed by atoms with Gasteiger partial charge in [-0.1, -0.05) is 18.3 Å². The largest absolute Gasteiger partial charge is 0.389 e. The Morgan fingerprint density at radius 1 is 1.40 bits per heavy atom. The Morgan fingerprint density at radius 2 is 2.10 bits per heavy atom. The Labute approximate surface area is 120 Å². The highest BCUT2D eigenvalue weighted by Crippen LogP contribution is 2.18. The van der Waals surface area contributed by atoms with Crippen molar-refractivity contribution in [2.24, 2.45) is 5.73 Å². The number of nitrogens with zero attached hydrogens (tertiary/aromatic N) is 3. The topological polar surface area (TPSA) is 64.2 Å². The van der Waals surface area contributed by atoms with Gasteiger partial charge in [0.1, 0.15) is 10.8 Å². The smallest absolute Gasteiger partial charge is 0.273 e. The highest BCUT2D eigenvalue weighted by atomic mass is 32.1. The maximum atomic E-state index is 13.8. The van der Waals surface area contributed by atoms with E-state index in [0.717, 1.165) is 0 Å². The second kappa shape index (κ2) is 5.38. The average Bonchev–Trinajstić information content (AvgIpc) is 2.86. The van der Waals surface area contributed by atoms with Crippen LogP contribution in [0.15, 0.2) is 30.5 Å². The Hall–Kier alpha value is -2.28. The van der Waals surface area contributed by atoms with Crippen molar-refractivity contribution >= 4 is 23.1 Å². The minimum absolute atomic E-state index is 0.0610. The number of rotatable bonds is 3. The van der Waals surface area contributed by atoms with E-state index in [9.17, 15) is 9.18 Å². The summed E-state index contributed by atoms with van der Waals surface area (Å²) in [5.41, 5.74) is 6.30. The van der Waals surface area contributed by atoms with E-state index in [0.29, 0.717) is 5.69 Å². The molecule has 0 atom stereocenters. The molecule has 0 aliphatic heterocycles. The summed E-state index contributed by atoms with van der Waals surface area (Å²) in [6.45, 7) is 0. The van der Waals surface area contributed by atoms with Gasteiger partial charge >= 0.3 is 0 Å². The Morgan fingerprint density at radius 3 is 2.70 bits per heavy atom. The number of nitrogens with two attached hydrogens (primary N) is 1. The van der Waals surface area contributed by atoms with Crippen molar-refractivity contribution < 1.29 is 9.18 Å². The summed E-state index contributed by atoms with van der Waals surface area (Å²) in [6, 6.07) is 5.99. The van der Waals surface area contributed by atoms with Crippen LogP contribution in [0.5, 0.6) is 0 Å². The molecule has 0 radical (unpaired) electrons. The van der Waals surface area contributed by atoms with Crippen LogP contribution in [0.3, 0.4) is 0 Å². The molecule has 5 nitrogen and oxygen atoms in total. The van der Waals surface area contributed by atoms with Gasteiger partial charge in [0, 0.05) is 20.3 Å². The second-order valence-corrected chi connectivity index (χ2v) is 4.78. The molecule has 1 aromatic carbocycles. The number of amides is 1. The number of benzene rings is 1. The number of halogens is 1. The quantitative estimate of drug-likeness (QED) is 0.867. The molecule has 2 aromatic rings. The molecular formula is C13H13FN4OS. The van der Waals surface area contributed by atoms with Crippen molar-refractivity contribution in [3.63, 3.8) is 0 Å². The molecule has 0 unspecified atom stereocenters. The first-order valence-electron chi connectivity index (χ1n) is 5.78. The predicted octanol–water partition coefficient (Wildman–Crippen LogP) is 1.35. The van der Waals surface area contributed by atoms with Crippen LogP contribution < -0.4 is 5.73 Å². The van der Waals surface area contributed by atoms with Gasteiger partial charge in [-0.2, -0.15) is 5.10 Å². The molecule has 0 aliphatic rings. The molecule has 0 spiro atoms. The summed E-state index contributed by atoms with van der Waals surface area (Å²) in [5.74, 6) is -0.761. The van der Waals surface area contributed by atoms with E-state index in [1.165, 1.54) is 21.7 Å². The summed E-state index contributed by atoms with van der Waals surface area (Å²) >= 11 is 4.86. The third-order valence-corrected chi connectivity index (χ3v) is 2.90. The third kappa shape index (κ3) is 2.53. The first-order chi connectivity index (χ1) is 9.41. The van der Waals surface area contributed by atoms with Gasteiger partial charge in [-0.15, -0.1) is 0 Å². The zero-order valence-corrected chi connectivity index (χ0v) is 11.8. The molecule has 1 aromatic heterocycles. The van der Waals surface area contributed by atoms with Crippen LogP contribution >= 0.6 is 12.2 Å². The lowest BCUT2D eigenvalue weighted by Gasteiger charge is -2.10. The Kier molecular flexibility index (Phi) is 3.80. The van der Waals surface area contributed by atoms with Gasteiger partial charge in [0.05, 0.1) is 11.3 Å². The van der Waals surface area contributed by atoms with Gasteiger partial charge < -0.3 is 10.6 Å². The van der Waals surface area contributed by atoms with E-state index in [2.05, 4.69) is 5.10 Å². The molecular weight excluding hydrogens is 279 g/mol. The Bertz CT molecular complexity index is 681. The van der Waals surface area contributed by atoms with Crippen LogP contribution in [0.25, 0.3) is 5.69 Å². The maximum Gasteiger partial charge on any atom is 0.273 e. The first kappa shape index (κ1) is 14.1. The summed E-state index contributed by atoms with van der Waals surface area (Å²) in [5, 5.41) is 4.13. The lowest BCUT2D eigenvalue weighted by Crippen LogP contribution is -2.22. The van der Waals surface area contributed by atoms with E-state index in [-0.39, 0.29) is 22.2 Å². The van der Waals surface area contributed by atoms with Gasteiger partial charge in [-0.3, -0.25) is 4.79 Å². The standard InChI is InChI=1S/C13H13FN4OS/c1-17(2)13(19)9-6-7-18(16-9)10-5-3-4-8(14)11(10)12(15)20/h3-7H,1-2H3,(H2,15,20). The van der Waals surface area contributed by atoms with Crippen molar-refractivity contribution in [1.82, 2.24) is 14.7 Å². The Balaban J connectivity index is 2.51. The molecule has 7 heteroatoms. The van der Waals surface area contributed by atoms with Crippen molar-refractivity contribution in [1.29, 1.82) is 0 Å². The molecule has 1 heterocycles. The van der Waals surface area contributed by atoms with Gasteiger partial charge in [0.15, 0.2) is 5.69 Å². The summed E-state index contributed by atoms with van der Waals surface area (Å²) in [7, 11) is 3.26. The fourth-order valence-corrected chi connectivity index (χ4v) is 1.95. The molecule has 0 aliphatic carbocycles. The fraction of sp³-hybridized carbons (Fsp3) is 0.154. The van der Waals surface area contributed by atoms with E-state index < -0.39 is 5.82 Å². The van der Waals surface area contributed by atoms with Gasteiger partial charge in [-0.05, 0) is 18.2 Å². The number of carbonyl (C=O) groups is 1. The molecule has 104 valence electrons. The summed E-state index contributed by atoms with van der Waals surface area (Å²) in [4.78, 5) is 13.1. The van der Waals surface area contributed by atoms with E-state index >= 15 is 0 Å². The van der Waals surface area contributed by atoms with Crippen LogP contribution in [0.4, 0.5) is 4.39 Å². The van der Waals surface area contributed by atoms with Crippen molar-refractivity contribution in [3.8, 4) is 5.69 Å². The highest BCUT2D eigenvalue weighted by molar-refractivity contribution is 7.80. The monoisotopic (exact) mass is 292 g/mol. The van der Waals surface area contributed by atoms with E-state index in [1.807, 2.05) is 0 Å².